The van der Waals surface area contributed by atoms with E-state index in [4.69, 9.17) is 32.7 Å². The van der Waals surface area contributed by atoms with Crippen molar-refractivity contribution in [2.45, 2.75) is 136 Å². The molecule has 3 aliphatic rings. The maximum absolute atomic E-state index is 14.7. The summed E-state index contributed by atoms with van der Waals surface area (Å²) in [4.78, 5) is 74.0. The molecule has 2 fully saturated rings. The van der Waals surface area contributed by atoms with Crippen molar-refractivity contribution in [2.24, 2.45) is 0 Å². The molecule has 0 unspecified atom stereocenters. The van der Waals surface area contributed by atoms with Crippen LogP contribution in [0.15, 0.2) is 30.3 Å². The first-order valence-electron chi connectivity index (χ1n) is 19.8. The highest BCUT2D eigenvalue weighted by Crippen LogP contribution is 2.41. The fourth-order valence-electron chi connectivity index (χ4n) is 7.69. The maximum Gasteiger partial charge on any atom is 0.410 e. The Labute approximate surface area is 349 Å². The third kappa shape index (κ3) is 10.7. The van der Waals surface area contributed by atoms with Crippen LogP contribution in [0, 0.1) is 6.92 Å². The van der Waals surface area contributed by atoms with Crippen molar-refractivity contribution in [2.75, 3.05) is 31.1 Å². The van der Waals surface area contributed by atoms with Crippen molar-refractivity contribution in [3.8, 4) is 5.75 Å². The summed E-state index contributed by atoms with van der Waals surface area (Å²) >= 11 is 12.3. The lowest BCUT2D eigenvalue weighted by atomic mass is 9.93. The van der Waals surface area contributed by atoms with Crippen molar-refractivity contribution < 1.29 is 42.2 Å². The van der Waals surface area contributed by atoms with E-state index in [1.54, 1.807) is 81.7 Å². The molecule has 1 saturated heterocycles. The molecular formula is C42H55Cl2F2N5O7. The fraction of sp³-hybridized carbons (Fsp3) is 0.595. The second kappa shape index (κ2) is 18.0. The van der Waals surface area contributed by atoms with Gasteiger partial charge in [0.25, 0.3) is 17.7 Å². The molecule has 2 atom stereocenters. The van der Waals surface area contributed by atoms with E-state index < -0.39 is 41.6 Å². The van der Waals surface area contributed by atoms with E-state index >= 15 is 0 Å². The second-order valence-electron chi connectivity index (χ2n) is 17.2. The Balaban J connectivity index is 1.37. The van der Waals surface area contributed by atoms with Crippen molar-refractivity contribution in [1.29, 1.82) is 0 Å². The van der Waals surface area contributed by atoms with Gasteiger partial charge in [-0.05, 0) is 123 Å². The molecule has 1 N–H and O–H groups in total. The molecule has 0 spiro atoms. The summed E-state index contributed by atoms with van der Waals surface area (Å²) in [5.41, 5.74) is -0.130. The van der Waals surface area contributed by atoms with Crippen LogP contribution in [-0.4, -0.2) is 112 Å². The molecule has 16 heteroatoms. The topological polar surface area (TPSA) is 129 Å². The number of nitrogens with zero attached hydrogens (tertiary/aromatic N) is 4. The molecule has 318 valence electrons. The monoisotopic (exact) mass is 849 g/mol. The van der Waals surface area contributed by atoms with Crippen LogP contribution in [0.4, 0.5) is 19.3 Å². The fourth-order valence-corrected chi connectivity index (χ4v) is 8.01. The van der Waals surface area contributed by atoms with Gasteiger partial charge in [0, 0.05) is 49.9 Å². The number of halogens is 4. The summed E-state index contributed by atoms with van der Waals surface area (Å²) in [5.74, 6) is -1.92. The van der Waals surface area contributed by atoms with E-state index in [1.807, 2.05) is 18.7 Å². The highest BCUT2D eigenvalue weighted by atomic mass is 35.5. The largest absolute Gasteiger partial charge is 0.476 e. The van der Waals surface area contributed by atoms with Gasteiger partial charge in [0.2, 0.25) is 5.91 Å². The molecule has 58 heavy (non-hydrogen) atoms. The molecule has 12 nitrogen and oxygen atoms in total. The second-order valence-corrected chi connectivity index (χ2v) is 18.0. The van der Waals surface area contributed by atoms with Crippen LogP contribution in [-0.2, 0) is 25.5 Å². The number of benzene rings is 2. The minimum absolute atomic E-state index is 0.0254. The van der Waals surface area contributed by atoms with Crippen LogP contribution in [0.2, 0.25) is 10.0 Å². The van der Waals surface area contributed by atoms with Crippen LogP contribution in [0.5, 0.6) is 5.75 Å². The van der Waals surface area contributed by atoms with Gasteiger partial charge in [0.1, 0.15) is 11.4 Å². The quantitative estimate of drug-likeness (QED) is 0.222. The standard InChI is InChI=1S/C42H55Cl2F2N5O7/c1-24(2)51(38(54)30-22-33-34(19-25(30)3)57-42(7,8)39(55)49(33)18-16-47-37(53)36(45)46)29-13-12-28(50(23-29)40(56)58-41(4,5)6)15-17-48(27-10-11-27)35(52)21-26-9-14-31(43)32(44)20-26/h9,14,19-20,22,24,27-29,36H,10-13,15-18,21,23H2,1-8H3,(H,47,53)/t28-,29-/m1/s1. The van der Waals surface area contributed by atoms with Crippen LogP contribution in [0.25, 0.3) is 0 Å². The Bertz CT molecular complexity index is 1900. The van der Waals surface area contributed by atoms with E-state index in [0.29, 0.717) is 52.7 Å². The number of likely N-dealkylation sites (tertiary alicyclic amines) is 1. The van der Waals surface area contributed by atoms with E-state index in [9.17, 15) is 32.8 Å². The lowest BCUT2D eigenvalue weighted by Gasteiger charge is -2.46. The van der Waals surface area contributed by atoms with Gasteiger partial charge < -0.3 is 34.4 Å². The molecule has 2 aromatic rings. The Kier molecular flexibility index (Phi) is 13.9. The zero-order valence-corrected chi connectivity index (χ0v) is 36.0. The van der Waals surface area contributed by atoms with Crippen LogP contribution >= 0.6 is 23.2 Å². The Hall–Kier alpha value is -4.17. The smallest absolute Gasteiger partial charge is 0.410 e. The Morgan fingerprint density at radius 3 is 2.29 bits per heavy atom. The molecule has 0 radical (unpaired) electrons. The molecule has 2 aromatic carbocycles. The number of piperidine rings is 1. The van der Waals surface area contributed by atoms with Crippen LogP contribution < -0.4 is 15.0 Å². The van der Waals surface area contributed by atoms with Gasteiger partial charge in [0.05, 0.1) is 28.2 Å². The molecule has 5 rings (SSSR count). The van der Waals surface area contributed by atoms with Crippen molar-refractivity contribution in [3.05, 3.63) is 57.1 Å². The van der Waals surface area contributed by atoms with Crippen LogP contribution in [0.1, 0.15) is 102 Å². The Morgan fingerprint density at radius 2 is 1.69 bits per heavy atom. The summed E-state index contributed by atoms with van der Waals surface area (Å²) in [6.45, 7) is 14.4. The number of fused-ring (bicyclic) bond motifs is 1. The first-order chi connectivity index (χ1) is 27.1. The third-order valence-corrected chi connectivity index (χ3v) is 11.4. The lowest BCUT2D eigenvalue weighted by Crippen LogP contribution is -2.58. The number of nitrogens with one attached hydrogen (secondary N) is 1. The molecular weight excluding hydrogens is 795 g/mol. The molecule has 1 aliphatic carbocycles. The van der Waals surface area contributed by atoms with E-state index in [-0.39, 0.29) is 61.7 Å². The highest BCUT2D eigenvalue weighted by molar-refractivity contribution is 6.42. The minimum Gasteiger partial charge on any atom is -0.476 e. The number of hydrogen-bond acceptors (Lipinski definition) is 7. The number of rotatable bonds is 13. The van der Waals surface area contributed by atoms with Gasteiger partial charge in [-0.15, -0.1) is 0 Å². The summed E-state index contributed by atoms with van der Waals surface area (Å²) < 4.78 is 37.7. The normalized spacial score (nSPS) is 19.1. The number of hydrogen-bond donors (Lipinski definition) is 1. The lowest BCUT2D eigenvalue weighted by molar-refractivity contribution is -0.133. The molecule has 2 heterocycles. The summed E-state index contributed by atoms with van der Waals surface area (Å²) in [5, 5.41) is 2.94. The van der Waals surface area contributed by atoms with E-state index in [2.05, 4.69) is 5.32 Å². The predicted molar refractivity (Wildman–Crippen MR) is 218 cm³/mol. The van der Waals surface area contributed by atoms with Crippen molar-refractivity contribution in [3.63, 3.8) is 0 Å². The molecule has 5 amide bonds. The zero-order chi connectivity index (χ0) is 42.9. The van der Waals surface area contributed by atoms with E-state index in [1.165, 1.54) is 4.90 Å². The van der Waals surface area contributed by atoms with Gasteiger partial charge >= 0.3 is 12.5 Å². The predicted octanol–water partition coefficient (Wildman–Crippen LogP) is 7.43. The van der Waals surface area contributed by atoms with E-state index in [0.717, 1.165) is 18.4 Å². The van der Waals surface area contributed by atoms with Gasteiger partial charge in [0.15, 0.2) is 5.60 Å². The van der Waals surface area contributed by atoms with Gasteiger partial charge in [-0.25, -0.2) is 4.79 Å². The zero-order valence-electron chi connectivity index (χ0n) is 34.5. The summed E-state index contributed by atoms with van der Waals surface area (Å²) in [7, 11) is 0. The first-order valence-corrected chi connectivity index (χ1v) is 20.6. The first kappa shape index (κ1) is 44.9. The van der Waals surface area contributed by atoms with Crippen molar-refractivity contribution in [1.82, 2.24) is 20.0 Å². The summed E-state index contributed by atoms with van der Waals surface area (Å²) in [6.07, 6.45) is -0.0592. The highest BCUT2D eigenvalue weighted by Gasteiger charge is 2.43. The number of amides is 5. The van der Waals surface area contributed by atoms with Gasteiger partial charge in [-0.2, -0.15) is 8.78 Å². The average Bonchev–Trinajstić information content (AvgIpc) is 3.96. The number of ether oxygens (including phenoxy) is 2. The van der Waals surface area contributed by atoms with Gasteiger partial charge in [-0.3, -0.25) is 19.2 Å². The molecule has 1 saturated carbocycles. The maximum atomic E-state index is 14.7. The molecule has 0 aromatic heterocycles. The SMILES string of the molecule is Cc1cc2c(cc1C(=O)N(C(C)C)[C@@H]1CC[C@H](CCN(C(=O)Cc3ccc(Cl)c(Cl)c3)C3CC3)N(C(=O)OC(C)(C)C)C1)N(CCNC(=O)C(F)F)C(=O)C(C)(C)O2. The van der Waals surface area contributed by atoms with Crippen molar-refractivity contribution >= 4 is 58.6 Å². The molecule has 2 aliphatic heterocycles. The number of carbonyl (C=O) groups excluding carboxylic acids is 5. The Morgan fingerprint density at radius 1 is 1.02 bits per heavy atom. The minimum atomic E-state index is -3.20. The molecule has 0 bridgehead atoms. The number of alkyl halides is 2. The van der Waals surface area contributed by atoms with Crippen LogP contribution in [0.3, 0.4) is 0 Å². The average molecular weight is 851 g/mol. The number of aryl methyl sites for hydroxylation is 1. The number of anilines is 1. The third-order valence-electron chi connectivity index (χ3n) is 10.6. The van der Waals surface area contributed by atoms with Gasteiger partial charge in [-0.1, -0.05) is 29.3 Å². The number of carbonyl (C=O) groups is 5. The summed E-state index contributed by atoms with van der Waals surface area (Å²) in [6, 6.07) is 7.60.